The second-order valence-corrected chi connectivity index (χ2v) is 11.2. The van der Waals surface area contributed by atoms with Crippen LogP contribution in [-0.4, -0.2) is 49.5 Å². The molecule has 1 heterocycles. The van der Waals surface area contributed by atoms with Gasteiger partial charge in [-0.1, -0.05) is 47.6 Å². The van der Waals surface area contributed by atoms with Gasteiger partial charge in [0, 0.05) is 4.83 Å². The van der Waals surface area contributed by atoms with Gasteiger partial charge in [-0.15, -0.1) is 0 Å². The maximum Gasteiger partial charge on any atom is 0.348 e. The Kier molecular flexibility index (Phi) is 10.6. The van der Waals surface area contributed by atoms with Gasteiger partial charge in [0.2, 0.25) is 0 Å². The molecule has 0 saturated carbocycles. The lowest BCUT2D eigenvalue weighted by molar-refractivity contribution is -0.127. The summed E-state index contributed by atoms with van der Waals surface area (Å²) in [7, 11) is 3.35. The molecule has 1 saturated heterocycles. The van der Waals surface area contributed by atoms with Crippen LogP contribution in [0.25, 0.3) is 6.08 Å². The van der Waals surface area contributed by atoms with E-state index in [0.717, 1.165) is 33.8 Å². The van der Waals surface area contributed by atoms with Crippen molar-refractivity contribution in [3.8, 4) is 11.5 Å². The van der Waals surface area contributed by atoms with Crippen LogP contribution in [0.2, 0.25) is 0 Å². The predicted octanol–water partition coefficient (Wildman–Crippen LogP) is 6.60. The summed E-state index contributed by atoms with van der Waals surface area (Å²) in [6.45, 7) is 3.31. The molecular formula is C26H31Br3N2O5. The van der Waals surface area contributed by atoms with Crippen LogP contribution in [0.5, 0.6) is 11.5 Å². The first-order chi connectivity index (χ1) is 16.5. The van der Waals surface area contributed by atoms with E-state index in [4.69, 9.17) is 9.47 Å². The third-order valence-corrected chi connectivity index (χ3v) is 8.58. The highest BCUT2D eigenvalue weighted by atomic mass is 79.9. The zero-order valence-corrected chi connectivity index (χ0v) is 24.6. The minimum absolute atomic E-state index is 0. The highest BCUT2D eigenvalue weighted by molar-refractivity contribution is 9.09. The summed E-state index contributed by atoms with van der Waals surface area (Å²) in [6, 6.07) is 11.6. The molecule has 7 nitrogen and oxygen atoms in total. The quantitative estimate of drug-likeness (QED) is 0.218. The number of ether oxygens (including phenoxy) is 2. The predicted molar refractivity (Wildman–Crippen MR) is 153 cm³/mol. The molecule has 2 aromatic rings. The van der Waals surface area contributed by atoms with Crippen LogP contribution in [0.1, 0.15) is 49.6 Å². The molecule has 0 unspecified atom stereocenters. The number of carbonyl (C=O) groups excluding carboxylic acids is 2. The van der Waals surface area contributed by atoms with Crippen molar-refractivity contribution in [2.45, 2.75) is 50.6 Å². The maximum absolute atomic E-state index is 11.2. The number of amides is 3. The molecule has 0 radical (unpaired) electrons. The largest absolute Gasteiger partial charge is 0.497 e. The maximum atomic E-state index is 11.2. The summed E-state index contributed by atoms with van der Waals surface area (Å²) in [5.41, 5.74) is 4.08. The first-order valence-electron chi connectivity index (χ1n) is 10.8. The molecule has 1 aliphatic heterocycles. The van der Waals surface area contributed by atoms with E-state index in [9.17, 15) is 14.7 Å². The number of methoxy groups -OCH3 is 2. The van der Waals surface area contributed by atoms with Crippen LogP contribution in [0.3, 0.4) is 0 Å². The molecule has 196 valence electrons. The number of hydrogen-bond acceptors (Lipinski definition) is 5. The average Bonchev–Trinajstić information content (AvgIpc) is 3.48. The van der Waals surface area contributed by atoms with E-state index in [2.05, 4.69) is 72.5 Å². The van der Waals surface area contributed by atoms with Gasteiger partial charge in [0.15, 0.2) is 0 Å². The monoisotopic (exact) mass is 688 g/mol. The summed E-state index contributed by atoms with van der Waals surface area (Å²) in [5.74, 6) is 1.53. The molecule has 2 aromatic carbocycles. The number of carbonyl (C=O) groups is 2. The highest BCUT2D eigenvalue weighted by Crippen LogP contribution is 2.37. The molecule has 2 aliphatic carbocycles. The Hall–Kier alpha value is -1.88. The number of rotatable bonds is 2. The lowest BCUT2D eigenvalue weighted by Crippen LogP contribution is -2.37. The van der Waals surface area contributed by atoms with Crippen molar-refractivity contribution in [2.75, 3.05) is 14.2 Å². The number of urea groups is 1. The molecule has 2 atom stereocenters. The smallest absolute Gasteiger partial charge is 0.348 e. The number of benzene rings is 2. The molecule has 3 aliphatic rings. The molecule has 3 amide bonds. The number of hydrogen-bond donors (Lipinski definition) is 1. The van der Waals surface area contributed by atoms with Crippen LogP contribution in [0, 0.1) is 0 Å². The number of aliphatic hydroxyl groups excluding tert-OH is 1. The van der Waals surface area contributed by atoms with Crippen molar-refractivity contribution in [3.63, 3.8) is 0 Å². The third kappa shape index (κ3) is 6.33. The first-order valence-corrected chi connectivity index (χ1v) is 13.2. The van der Waals surface area contributed by atoms with Crippen molar-refractivity contribution in [1.29, 1.82) is 0 Å². The zero-order chi connectivity index (χ0) is 25.9. The fraction of sp³-hybridized carbons (Fsp3) is 0.385. The van der Waals surface area contributed by atoms with Gasteiger partial charge in [-0.2, -0.15) is 3.93 Å². The van der Waals surface area contributed by atoms with E-state index in [1.54, 1.807) is 28.1 Å². The Balaban J connectivity index is 0.000000189. The minimum Gasteiger partial charge on any atom is -0.497 e. The van der Waals surface area contributed by atoms with Gasteiger partial charge < -0.3 is 14.6 Å². The fourth-order valence-corrected chi connectivity index (χ4v) is 5.53. The third-order valence-electron chi connectivity index (χ3n) is 5.94. The Morgan fingerprint density at radius 2 is 1.58 bits per heavy atom. The molecule has 1 N–H and O–H groups in total. The molecule has 36 heavy (non-hydrogen) atoms. The van der Waals surface area contributed by atoms with Crippen LogP contribution < -0.4 is 9.47 Å². The lowest BCUT2D eigenvalue weighted by atomic mass is 10.1. The van der Waals surface area contributed by atoms with E-state index in [1.165, 1.54) is 20.6 Å². The normalized spacial score (nSPS) is 20.4. The topological polar surface area (TPSA) is 79.3 Å². The van der Waals surface area contributed by atoms with Crippen molar-refractivity contribution < 1.29 is 24.2 Å². The van der Waals surface area contributed by atoms with Gasteiger partial charge in [-0.25, -0.2) is 8.72 Å². The van der Waals surface area contributed by atoms with Crippen molar-refractivity contribution in [2.24, 2.45) is 0 Å². The van der Waals surface area contributed by atoms with Crippen molar-refractivity contribution in [3.05, 3.63) is 64.7 Å². The molecule has 0 bridgehead atoms. The molecular weight excluding hydrogens is 660 g/mol. The number of halogens is 3. The number of allylic oxidation sites excluding steroid dienone is 1. The number of imide groups is 1. The van der Waals surface area contributed by atoms with Crippen molar-refractivity contribution >= 4 is 66.2 Å². The van der Waals surface area contributed by atoms with E-state index in [0.29, 0.717) is 0 Å². The second kappa shape index (κ2) is 12.6. The molecule has 0 aromatic heterocycles. The standard InChI is InChI=1S/C10H11BrO2.C10H10O.C5H6Br2N2O2.CH4/c1-13-7-2-3-8-6(4-7)5-9(11)10(8)12;1-11-10-6-5-8-3-2-4-9(8)7-10;1-5(2)3(10)8(6)4(11)9(5)7;/h2-4,9-10,12H,5H2,1H3;2-3,5-7H,4H2,1H3;1-2H3;1H4/t9-,10-;;;/m0.../s1. The Labute approximate surface area is 238 Å². The summed E-state index contributed by atoms with van der Waals surface area (Å²) in [5, 5.41) is 9.73. The number of nitrogens with zero attached hydrogens (tertiary/aromatic N) is 2. The van der Waals surface area contributed by atoms with Gasteiger partial charge in [0.1, 0.15) is 17.0 Å². The zero-order valence-electron chi connectivity index (χ0n) is 19.8. The summed E-state index contributed by atoms with van der Waals surface area (Å²) >= 11 is 9.28. The van der Waals surface area contributed by atoms with Crippen molar-refractivity contribution in [1.82, 2.24) is 7.85 Å². The Bertz CT molecular complexity index is 1140. The van der Waals surface area contributed by atoms with E-state index in [-0.39, 0.29) is 24.3 Å². The SMILES string of the molecule is C.CC1(C)C(=O)N(Br)C(=O)N1Br.COc1ccc2c(c1)CC=C2.COc1ccc2c(c1)C[C@H](Br)[C@H]2O. The highest BCUT2D eigenvalue weighted by Gasteiger charge is 2.50. The molecule has 1 fully saturated rings. The Morgan fingerprint density at radius 3 is 2.08 bits per heavy atom. The first kappa shape index (κ1) is 30.3. The minimum atomic E-state index is -0.805. The molecule has 5 rings (SSSR count). The van der Waals surface area contributed by atoms with E-state index >= 15 is 0 Å². The number of aliphatic hydroxyl groups is 1. The number of fused-ring (bicyclic) bond motifs is 2. The van der Waals surface area contributed by atoms with Gasteiger partial charge in [0.05, 0.1) is 52.6 Å². The number of alkyl halides is 1. The van der Waals surface area contributed by atoms with Crippen LogP contribution in [0.15, 0.2) is 42.5 Å². The fourth-order valence-electron chi connectivity index (χ4n) is 3.78. The van der Waals surface area contributed by atoms with E-state index in [1.807, 2.05) is 24.3 Å². The molecule has 10 heteroatoms. The van der Waals surface area contributed by atoms with Gasteiger partial charge in [-0.05, 0) is 73.2 Å². The second-order valence-electron chi connectivity index (χ2n) is 8.61. The molecule has 0 spiro atoms. The van der Waals surface area contributed by atoms with Gasteiger partial charge in [-0.3, -0.25) is 4.79 Å². The van der Waals surface area contributed by atoms with Crippen LogP contribution in [-0.2, 0) is 17.6 Å². The van der Waals surface area contributed by atoms with Gasteiger partial charge in [0.25, 0.3) is 5.91 Å². The summed E-state index contributed by atoms with van der Waals surface area (Å²) < 4.78 is 12.3. The van der Waals surface area contributed by atoms with Crippen LogP contribution >= 0.6 is 48.2 Å². The van der Waals surface area contributed by atoms with Crippen LogP contribution in [0.4, 0.5) is 4.79 Å². The van der Waals surface area contributed by atoms with E-state index < -0.39 is 11.6 Å². The van der Waals surface area contributed by atoms with Gasteiger partial charge >= 0.3 is 6.03 Å². The summed E-state index contributed by atoms with van der Waals surface area (Å²) in [4.78, 5) is 22.5. The average molecular weight is 691 g/mol. The lowest BCUT2D eigenvalue weighted by Gasteiger charge is -2.19. The Morgan fingerprint density at radius 1 is 1.00 bits per heavy atom. The summed E-state index contributed by atoms with van der Waals surface area (Å²) in [6.07, 6.45) is 5.86.